The summed E-state index contributed by atoms with van der Waals surface area (Å²) >= 11 is 0. The summed E-state index contributed by atoms with van der Waals surface area (Å²) in [6.45, 7) is 6.67. The first kappa shape index (κ1) is 16.0. The van der Waals surface area contributed by atoms with Gasteiger partial charge >= 0.3 is 5.97 Å². The fraction of sp³-hybridized carbons (Fsp3) is 0.786. The van der Waals surface area contributed by atoms with Gasteiger partial charge in [0.05, 0.1) is 6.61 Å². The summed E-state index contributed by atoms with van der Waals surface area (Å²) < 4.78 is 5.32. The van der Waals surface area contributed by atoms with Crippen LogP contribution in [-0.4, -0.2) is 31.6 Å². The molecule has 0 bridgehead atoms. The van der Waals surface area contributed by atoms with E-state index >= 15 is 0 Å². The fourth-order valence-electron chi connectivity index (χ4n) is 1.65. The topological polar surface area (TPSA) is 29.5 Å². The number of carbonyl (C=O) groups is 1. The standard InChI is InChI=1S/C14H27NO2/c1-6-8-9-13(7-2)11-17-14(16)12(3)10-15(4)5/h10,13H,6-9,11H2,1-5H3/b12-10+. The van der Waals surface area contributed by atoms with E-state index in [-0.39, 0.29) is 5.97 Å². The van der Waals surface area contributed by atoms with Gasteiger partial charge in [0.2, 0.25) is 0 Å². The quantitative estimate of drug-likeness (QED) is 0.483. The Bertz CT molecular complexity index is 247. The number of carbonyl (C=O) groups excluding carboxylic acids is 1. The molecule has 0 N–H and O–H groups in total. The van der Waals surface area contributed by atoms with Crippen molar-refractivity contribution in [2.75, 3.05) is 20.7 Å². The highest BCUT2D eigenvalue weighted by molar-refractivity contribution is 5.87. The van der Waals surface area contributed by atoms with Crippen molar-refractivity contribution in [1.82, 2.24) is 4.90 Å². The van der Waals surface area contributed by atoms with Crippen molar-refractivity contribution < 1.29 is 9.53 Å². The van der Waals surface area contributed by atoms with Crippen LogP contribution in [0.15, 0.2) is 11.8 Å². The molecule has 0 rings (SSSR count). The predicted octanol–water partition coefficient (Wildman–Crippen LogP) is 3.21. The van der Waals surface area contributed by atoms with Crippen LogP contribution in [0.5, 0.6) is 0 Å². The molecule has 0 aliphatic carbocycles. The van der Waals surface area contributed by atoms with Crippen LogP contribution in [0.3, 0.4) is 0 Å². The van der Waals surface area contributed by atoms with Crippen LogP contribution >= 0.6 is 0 Å². The van der Waals surface area contributed by atoms with E-state index < -0.39 is 0 Å². The molecular formula is C14H27NO2. The molecule has 0 heterocycles. The lowest BCUT2D eigenvalue weighted by atomic mass is 10.0. The Morgan fingerprint density at radius 3 is 2.47 bits per heavy atom. The Kier molecular flexibility index (Phi) is 8.55. The van der Waals surface area contributed by atoms with Crippen molar-refractivity contribution in [1.29, 1.82) is 0 Å². The van der Waals surface area contributed by atoms with Gasteiger partial charge in [0.1, 0.15) is 0 Å². The highest BCUT2D eigenvalue weighted by Gasteiger charge is 2.11. The van der Waals surface area contributed by atoms with Gasteiger partial charge in [-0.3, -0.25) is 0 Å². The van der Waals surface area contributed by atoms with Crippen molar-refractivity contribution >= 4 is 5.97 Å². The highest BCUT2D eigenvalue weighted by atomic mass is 16.5. The summed E-state index contributed by atoms with van der Waals surface area (Å²) in [5.41, 5.74) is 0.653. The average Bonchev–Trinajstić information content (AvgIpc) is 2.28. The Morgan fingerprint density at radius 1 is 1.35 bits per heavy atom. The third kappa shape index (κ3) is 7.83. The van der Waals surface area contributed by atoms with Crippen LogP contribution in [0.1, 0.15) is 46.5 Å². The van der Waals surface area contributed by atoms with Crippen molar-refractivity contribution in [2.24, 2.45) is 5.92 Å². The molecular weight excluding hydrogens is 214 g/mol. The van der Waals surface area contributed by atoms with E-state index in [0.29, 0.717) is 18.1 Å². The summed E-state index contributed by atoms with van der Waals surface area (Å²) in [7, 11) is 3.79. The lowest BCUT2D eigenvalue weighted by Gasteiger charge is -2.15. The van der Waals surface area contributed by atoms with E-state index in [4.69, 9.17) is 4.74 Å². The Balaban J connectivity index is 4.04. The zero-order valence-corrected chi connectivity index (χ0v) is 12.0. The lowest BCUT2D eigenvalue weighted by molar-refractivity contribution is -0.140. The van der Waals surface area contributed by atoms with E-state index in [1.807, 2.05) is 19.0 Å². The molecule has 1 atom stereocenters. The van der Waals surface area contributed by atoms with Gasteiger partial charge in [0, 0.05) is 25.9 Å². The van der Waals surface area contributed by atoms with E-state index in [0.717, 1.165) is 12.8 Å². The molecule has 0 radical (unpaired) electrons. The van der Waals surface area contributed by atoms with Crippen LogP contribution in [0.25, 0.3) is 0 Å². The molecule has 0 saturated carbocycles. The summed E-state index contributed by atoms with van der Waals surface area (Å²) in [5, 5.41) is 0. The Hall–Kier alpha value is -0.990. The van der Waals surface area contributed by atoms with Crippen LogP contribution < -0.4 is 0 Å². The van der Waals surface area contributed by atoms with Crippen LogP contribution in [0.2, 0.25) is 0 Å². The predicted molar refractivity (Wildman–Crippen MR) is 71.7 cm³/mol. The molecule has 0 spiro atoms. The van der Waals surface area contributed by atoms with Crippen molar-refractivity contribution in [3.05, 3.63) is 11.8 Å². The second kappa shape index (κ2) is 9.08. The third-order valence-corrected chi connectivity index (χ3v) is 2.77. The van der Waals surface area contributed by atoms with E-state index in [1.165, 1.54) is 12.8 Å². The number of hydrogen-bond acceptors (Lipinski definition) is 3. The number of rotatable bonds is 8. The normalized spacial score (nSPS) is 13.4. The summed E-state index contributed by atoms with van der Waals surface area (Å²) in [6, 6.07) is 0. The monoisotopic (exact) mass is 241 g/mol. The van der Waals surface area contributed by atoms with Crippen LogP contribution in [0.4, 0.5) is 0 Å². The number of esters is 1. The zero-order valence-electron chi connectivity index (χ0n) is 12.0. The first-order chi connectivity index (χ1) is 8.01. The van der Waals surface area contributed by atoms with Crippen molar-refractivity contribution in [3.63, 3.8) is 0 Å². The molecule has 3 heteroatoms. The zero-order chi connectivity index (χ0) is 13.3. The van der Waals surface area contributed by atoms with E-state index in [1.54, 1.807) is 13.1 Å². The summed E-state index contributed by atoms with van der Waals surface area (Å²) in [4.78, 5) is 13.5. The molecule has 0 aromatic rings. The van der Waals surface area contributed by atoms with Gasteiger partial charge in [-0.05, 0) is 19.3 Å². The second-order valence-corrected chi connectivity index (χ2v) is 4.79. The lowest BCUT2D eigenvalue weighted by Crippen LogP contribution is -2.16. The van der Waals surface area contributed by atoms with Gasteiger partial charge < -0.3 is 9.64 Å². The van der Waals surface area contributed by atoms with Gasteiger partial charge in [-0.2, -0.15) is 0 Å². The van der Waals surface area contributed by atoms with E-state index in [9.17, 15) is 4.79 Å². The largest absolute Gasteiger partial charge is 0.462 e. The minimum atomic E-state index is -0.200. The van der Waals surface area contributed by atoms with Crippen LogP contribution in [-0.2, 0) is 9.53 Å². The first-order valence-corrected chi connectivity index (χ1v) is 6.53. The minimum absolute atomic E-state index is 0.200. The van der Waals surface area contributed by atoms with Crippen molar-refractivity contribution in [2.45, 2.75) is 46.5 Å². The molecule has 0 fully saturated rings. The number of unbranched alkanes of at least 4 members (excludes halogenated alkanes) is 1. The number of hydrogen-bond donors (Lipinski definition) is 0. The van der Waals surface area contributed by atoms with Gasteiger partial charge in [0.25, 0.3) is 0 Å². The molecule has 17 heavy (non-hydrogen) atoms. The molecule has 0 aliphatic heterocycles. The average molecular weight is 241 g/mol. The Labute approximate surface area is 106 Å². The molecule has 0 aromatic heterocycles. The third-order valence-electron chi connectivity index (χ3n) is 2.77. The summed E-state index contributed by atoms with van der Waals surface area (Å²) in [6.07, 6.45) is 6.42. The first-order valence-electron chi connectivity index (χ1n) is 6.53. The maximum absolute atomic E-state index is 11.7. The molecule has 0 aliphatic rings. The second-order valence-electron chi connectivity index (χ2n) is 4.79. The highest BCUT2D eigenvalue weighted by Crippen LogP contribution is 2.13. The maximum Gasteiger partial charge on any atom is 0.335 e. The molecule has 0 saturated heterocycles. The van der Waals surface area contributed by atoms with Gasteiger partial charge in [-0.25, -0.2) is 4.79 Å². The number of nitrogens with zero attached hydrogens (tertiary/aromatic N) is 1. The van der Waals surface area contributed by atoms with Crippen LogP contribution in [0, 0.1) is 5.92 Å². The maximum atomic E-state index is 11.7. The SMILES string of the molecule is CCCCC(CC)COC(=O)/C(C)=C/N(C)C. The smallest absolute Gasteiger partial charge is 0.335 e. The molecule has 3 nitrogen and oxygen atoms in total. The number of ether oxygens (including phenoxy) is 1. The van der Waals surface area contributed by atoms with Gasteiger partial charge in [-0.15, -0.1) is 0 Å². The molecule has 0 amide bonds. The minimum Gasteiger partial charge on any atom is -0.462 e. The Morgan fingerprint density at radius 2 is 2.00 bits per heavy atom. The molecule has 100 valence electrons. The van der Waals surface area contributed by atoms with Gasteiger partial charge in [0.15, 0.2) is 0 Å². The fourth-order valence-corrected chi connectivity index (χ4v) is 1.65. The van der Waals surface area contributed by atoms with Crippen molar-refractivity contribution in [3.8, 4) is 0 Å². The summed E-state index contributed by atoms with van der Waals surface area (Å²) in [5.74, 6) is 0.305. The van der Waals surface area contributed by atoms with Gasteiger partial charge in [-0.1, -0.05) is 33.1 Å². The van der Waals surface area contributed by atoms with E-state index in [2.05, 4.69) is 13.8 Å². The molecule has 1 unspecified atom stereocenters. The molecule has 0 aromatic carbocycles.